The molecule has 0 aliphatic carbocycles. The second kappa shape index (κ2) is 6.74. The predicted octanol–water partition coefficient (Wildman–Crippen LogP) is 4.19. The van der Waals surface area contributed by atoms with E-state index in [2.05, 4.69) is 15.9 Å². The summed E-state index contributed by atoms with van der Waals surface area (Å²) in [4.78, 5) is 7.76. The molecule has 0 bridgehead atoms. The highest BCUT2D eigenvalue weighted by atomic mass is 16.5. The molecule has 22 heavy (non-hydrogen) atoms. The highest BCUT2D eigenvalue weighted by molar-refractivity contribution is 5.54. The molecule has 0 saturated heterocycles. The normalized spacial score (nSPS) is 10.1. The van der Waals surface area contributed by atoms with Crippen molar-refractivity contribution < 1.29 is 4.74 Å². The highest BCUT2D eigenvalue weighted by Crippen LogP contribution is 2.25. The van der Waals surface area contributed by atoms with E-state index < -0.39 is 0 Å². The summed E-state index contributed by atoms with van der Waals surface area (Å²) in [5, 5.41) is 9.26. The molecule has 110 valence electrons. The van der Waals surface area contributed by atoms with Crippen LogP contribution in [0, 0.1) is 24.8 Å². The average Bonchev–Trinajstić information content (AvgIpc) is 2.51. The molecule has 0 fully saturated rings. The number of benzene rings is 1. The van der Waals surface area contributed by atoms with Crippen LogP contribution in [0.2, 0.25) is 0 Å². The first kappa shape index (κ1) is 15.5. The number of hydrogen-bond acceptors (Lipinski definition) is 3. The monoisotopic (exact) mass is 291 g/mol. The van der Waals surface area contributed by atoms with Gasteiger partial charge in [-0.25, -0.2) is 4.85 Å². The van der Waals surface area contributed by atoms with Crippen molar-refractivity contribution in [2.24, 2.45) is 0 Å². The van der Waals surface area contributed by atoms with Crippen molar-refractivity contribution in [1.29, 1.82) is 5.26 Å². The molecular weight excluding hydrogens is 274 g/mol. The Bertz CT molecular complexity index is 767. The lowest BCUT2D eigenvalue weighted by atomic mass is 10.0. The van der Waals surface area contributed by atoms with Crippen LogP contribution in [-0.2, 0) is 6.42 Å². The maximum atomic E-state index is 9.26. The minimum Gasteiger partial charge on any atom is -0.491 e. The molecule has 4 nitrogen and oxygen atoms in total. The maximum absolute atomic E-state index is 9.26. The second-order valence-corrected chi connectivity index (χ2v) is 5.29. The molecule has 0 unspecified atom stereocenters. The smallest absolute Gasteiger partial charge is 0.188 e. The standard InChI is InChI=1S/C18H17N3O/c1-12(2)22-18-7-8-21-17(13(18)3)10-14-5-6-16(20-4)9-15(14)11-19/h5-9,12H,10H2,1-3H3. The fraction of sp³-hybridized carbons (Fsp3) is 0.278. The first-order valence-corrected chi connectivity index (χ1v) is 7.06. The minimum atomic E-state index is 0.0987. The van der Waals surface area contributed by atoms with E-state index in [9.17, 15) is 5.26 Å². The zero-order valence-corrected chi connectivity index (χ0v) is 12.9. The van der Waals surface area contributed by atoms with E-state index in [-0.39, 0.29) is 6.10 Å². The third-order valence-corrected chi connectivity index (χ3v) is 3.32. The zero-order chi connectivity index (χ0) is 16.1. The summed E-state index contributed by atoms with van der Waals surface area (Å²) in [5.41, 5.74) is 3.72. The molecule has 4 heteroatoms. The molecule has 0 spiro atoms. The molecule has 2 rings (SSSR count). The second-order valence-electron chi connectivity index (χ2n) is 5.29. The summed E-state index contributed by atoms with van der Waals surface area (Å²) >= 11 is 0. The van der Waals surface area contributed by atoms with Crippen molar-refractivity contribution in [2.45, 2.75) is 33.3 Å². The number of pyridine rings is 1. The van der Waals surface area contributed by atoms with Gasteiger partial charge >= 0.3 is 0 Å². The van der Waals surface area contributed by atoms with Crippen molar-refractivity contribution in [3.8, 4) is 11.8 Å². The lowest BCUT2D eigenvalue weighted by Crippen LogP contribution is -2.08. The summed E-state index contributed by atoms with van der Waals surface area (Å²) in [6.07, 6.45) is 2.36. The number of ether oxygens (including phenoxy) is 1. The van der Waals surface area contributed by atoms with Gasteiger partial charge in [0.1, 0.15) is 5.75 Å². The number of rotatable bonds is 4. The van der Waals surface area contributed by atoms with Crippen LogP contribution < -0.4 is 4.74 Å². The molecule has 1 heterocycles. The van der Waals surface area contributed by atoms with Gasteiger partial charge in [-0.15, -0.1) is 0 Å². The molecule has 0 aliphatic heterocycles. The molecule has 1 aromatic carbocycles. The van der Waals surface area contributed by atoms with Crippen LogP contribution in [0.1, 0.15) is 36.2 Å². The zero-order valence-electron chi connectivity index (χ0n) is 12.9. The SMILES string of the molecule is [C-]#[N+]c1ccc(Cc2nccc(OC(C)C)c2C)c(C#N)c1. The average molecular weight is 291 g/mol. The Morgan fingerprint density at radius 3 is 2.77 bits per heavy atom. The number of hydrogen-bond donors (Lipinski definition) is 0. The van der Waals surface area contributed by atoms with E-state index in [0.717, 1.165) is 22.6 Å². The minimum absolute atomic E-state index is 0.0987. The van der Waals surface area contributed by atoms with Crippen LogP contribution in [0.15, 0.2) is 30.5 Å². The van der Waals surface area contributed by atoms with Crippen LogP contribution in [-0.4, -0.2) is 11.1 Å². The third-order valence-electron chi connectivity index (χ3n) is 3.32. The predicted molar refractivity (Wildman–Crippen MR) is 85.0 cm³/mol. The Balaban J connectivity index is 2.36. The van der Waals surface area contributed by atoms with Gasteiger partial charge in [-0.1, -0.05) is 12.1 Å². The van der Waals surface area contributed by atoms with Crippen LogP contribution in [0.4, 0.5) is 5.69 Å². The molecule has 0 amide bonds. The lowest BCUT2D eigenvalue weighted by Gasteiger charge is -2.14. The molecule has 0 radical (unpaired) electrons. The van der Waals surface area contributed by atoms with Crippen molar-refractivity contribution >= 4 is 5.69 Å². The Kier molecular flexibility index (Phi) is 4.76. The Morgan fingerprint density at radius 1 is 1.36 bits per heavy atom. The van der Waals surface area contributed by atoms with Crippen LogP contribution >= 0.6 is 0 Å². The summed E-state index contributed by atoms with van der Waals surface area (Å²) < 4.78 is 5.77. The van der Waals surface area contributed by atoms with Gasteiger partial charge in [-0.05, 0) is 38.5 Å². The molecule has 1 aromatic heterocycles. The molecule has 0 aliphatic rings. The first-order chi connectivity index (χ1) is 10.5. The summed E-state index contributed by atoms with van der Waals surface area (Å²) in [6.45, 7) is 13.0. The van der Waals surface area contributed by atoms with E-state index >= 15 is 0 Å². The van der Waals surface area contributed by atoms with Gasteiger partial charge in [-0.2, -0.15) is 5.26 Å². The molecule has 0 N–H and O–H groups in total. The van der Waals surface area contributed by atoms with Crippen LogP contribution in [0.5, 0.6) is 5.75 Å². The highest BCUT2D eigenvalue weighted by Gasteiger charge is 2.11. The lowest BCUT2D eigenvalue weighted by molar-refractivity contribution is 0.240. The number of aromatic nitrogens is 1. The number of nitriles is 1. The fourth-order valence-corrected chi connectivity index (χ4v) is 2.19. The Labute approximate surface area is 130 Å². The Hall–Kier alpha value is -2.85. The van der Waals surface area contributed by atoms with Gasteiger partial charge in [0.15, 0.2) is 5.69 Å². The van der Waals surface area contributed by atoms with E-state index in [1.807, 2.05) is 32.9 Å². The fourth-order valence-electron chi connectivity index (χ4n) is 2.19. The van der Waals surface area contributed by atoms with Gasteiger partial charge < -0.3 is 4.74 Å². The topological polar surface area (TPSA) is 50.3 Å². The van der Waals surface area contributed by atoms with Crippen molar-refractivity contribution in [1.82, 2.24) is 4.98 Å². The van der Waals surface area contributed by atoms with E-state index in [4.69, 9.17) is 11.3 Å². The number of nitrogens with zero attached hydrogens (tertiary/aromatic N) is 3. The molecule has 0 atom stereocenters. The third kappa shape index (κ3) is 3.42. The van der Waals surface area contributed by atoms with Gasteiger partial charge in [0.05, 0.1) is 24.4 Å². The quantitative estimate of drug-likeness (QED) is 0.794. The van der Waals surface area contributed by atoms with E-state index in [0.29, 0.717) is 17.7 Å². The van der Waals surface area contributed by atoms with Crippen molar-refractivity contribution in [2.75, 3.05) is 0 Å². The molecule has 0 saturated carbocycles. The first-order valence-electron chi connectivity index (χ1n) is 7.06. The Morgan fingerprint density at radius 2 is 2.14 bits per heavy atom. The van der Waals surface area contributed by atoms with Gasteiger partial charge in [0.2, 0.25) is 0 Å². The molecule has 2 aromatic rings. The van der Waals surface area contributed by atoms with Crippen molar-refractivity contribution in [3.63, 3.8) is 0 Å². The summed E-state index contributed by atoms with van der Waals surface area (Å²) in [7, 11) is 0. The summed E-state index contributed by atoms with van der Waals surface area (Å²) in [5.74, 6) is 0.816. The van der Waals surface area contributed by atoms with E-state index in [1.54, 1.807) is 18.3 Å². The van der Waals surface area contributed by atoms with Gasteiger partial charge in [0, 0.05) is 23.7 Å². The van der Waals surface area contributed by atoms with Crippen molar-refractivity contribution in [3.05, 3.63) is 64.3 Å². The maximum Gasteiger partial charge on any atom is 0.188 e. The van der Waals surface area contributed by atoms with Gasteiger partial charge in [-0.3, -0.25) is 4.98 Å². The largest absolute Gasteiger partial charge is 0.491 e. The van der Waals surface area contributed by atoms with E-state index in [1.165, 1.54) is 0 Å². The summed E-state index contributed by atoms with van der Waals surface area (Å²) in [6, 6.07) is 9.18. The van der Waals surface area contributed by atoms with Crippen LogP contribution in [0.3, 0.4) is 0 Å². The van der Waals surface area contributed by atoms with Gasteiger partial charge in [0.25, 0.3) is 0 Å². The van der Waals surface area contributed by atoms with Crippen LogP contribution in [0.25, 0.3) is 4.85 Å². The molecular formula is C18H17N3O.